The SMILES string of the molecule is Cc1cc(-c2ccn3c(-c4ccc(NC(=O)Nc5ncc(C(C)(C)C)s5)cc4)cnc3c2)ccn1. The first-order chi connectivity index (χ1) is 16.8. The highest BCUT2D eigenvalue weighted by Crippen LogP contribution is 2.30. The molecular formula is C27H26N6OS. The van der Waals surface area contributed by atoms with E-state index in [1.165, 1.54) is 11.3 Å². The van der Waals surface area contributed by atoms with Crippen molar-refractivity contribution in [3.05, 3.63) is 83.9 Å². The van der Waals surface area contributed by atoms with Crippen molar-refractivity contribution in [2.45, 2.75) is 33.1 Å². The molecular weight excluding hydrogens is 456 g/mol. The number of nitrogens with zero attached hydrogens (tertiary/aromatic N) is 4. The number of imidazole rings is 1. The monoisotopic (exact) mass is 482 g/mol. The molecule has 2 N–H and O–H groups in total. The number of pyridine rings is 2. The first-order valence-corrected chi connectivity index (χ1v) is 12.1. The summed E-state index contributed by atoms with van der Waals surface area (Å²) < 4.78 is 2.06. The molecule has 0 radical (unpaired) electrons. The molecule has 0 aliphatic carbocycles. The third kappa shape index (κ3) is 4.93. The summed E-state index contributed by atoms with van der Waals surface area (Å²) in [4.78, 5) is 26.7. The van der Waals surface area contributed by atoms with Gasteiger partial charge in [0.1, 0.15) is 5.65 Å². The molecule has 0 unspecified atom stereocenters. The number of aromatic nitrogens is 4. The summed E-state index contributed by atoms with van der Waals surface area (Å²) >= 11 is 1.48. The van der Waals surface area contributed by atoms with E-state index in [1.54, 1.807) is 0 Å². The Morgan fingerprint density at radius 3 is 2.37 bits per heavy atom. The molecule has 0 atom stereocenters. The van der Waals surface area contributed by atoms with Crippen molar-refractivity contribution in [1.82, 2.24) is 19.4 Å². The predicted octanol–water partition coefficient (Wildman–Crippen LogP) is 6.77. The Labute approximate surface area is 207 Å². The van der Waals surface area contributed by atoms with Gasteiger partial charge in [0.15, 0.2) is 5.13 Å². The van der Waals surface area contributed by atoms with E-state index in [1.807, 2.05) is 62.0 Å². The Morgan fingerprint density at radius 1 is 0.886 bits per heavy atom. The molecule has 0 saturated heterocycles. The Kier molecular flexibility index (Phi) is 5.82. The third-order valence-electron chi connectivity index (χ3n) is 5.65. The smallest absolute Gasteiger partial charge is 0.308 e. The molecule has 2 amide bonds. The quantitative estimate of drug-likeness (QED) is 0.296. The summed E-state index contributed by atoms with van der Waals surface area (Å²) in [5.74, 6) is 0. The molecule has 0 aliphatic heterocycles. The van der Waals surface area contributed by atoms with Crippen molar-refractivity contribution in [3.8, 4) is 22.4 Å². The fourth-order valence-electron chi connectivity index (χ4n) is 3.76. The van der Waals surface area contributed by atoms with Gasteiger partial charge in [0, 0.05) is 40.4 Å². The summed E-state index contributed by atoms with van der Waals surface area (Å²) in [6.07, 6.45) is 7.53. The van der Waals surface area contributed by atoms with E-state index in [0.717, 1.165) is 38.6 Å². The lowest BCUT2D eigenvalue weighted by atomic mass is 9.96. The molecule has 4 heterocycles. The van der Waals surface area contributed by atoms with Crippen LogP contribution < -0.4 is 10.6 Å². The van der Waals surface area contributed by atoms with Gasteiger partial charge < -0.3 is 5.32 Å². The minimum atomic E-state index is -0.318. The van der Waals surface area contributed by atoms with E-state index in [-0.39, 0.29) is 11.4 Å². The zero-order chi connectivity index (χ0) is 24.6. The highest BCUT2D eigenvalue weighted by Gasteiger charge is 2.18. The molecule has 1 aromatic carbocycles. The number of hydrogen-bond acceptors (Lipinski definition) is 5. The van der Waals surface area contributed by atoms with Crippen LogP contribution in [0.25, 0.3) is 28.0 Å². The van der Waals surface area contributed by atoms with Gasteiger partial charge in [0.05, 0.1) is 11.9 Å². The van der Waals surface area contributed by atoms with Crippen LogP contribution in [-0.2, 0) is 5.41 Å². The van der Waals surface area contributed by atoms with E-state index in [2.05, 4.69) is 69.0 Å². The predicted molar refractivity (Wildman–Crippen MR) is 142 cm³/mol. The zero-order valence-electron chi connectivity index (χ0n) is 20.0. The van der Waals surface area contributed by atoms with Crippen molar-refractivity contribution in [2.24, 2.45) is 0 Å². The maximum atomic E-state index is 12.4. The topological polar surface area (TPSA) is 84.2 Å². The van der Waals surface area contributed by atoms with E-state index in [9.17, 15) is 4.79 Å². The summed E-state index contributed by atoms with van der Waals surface area (Å²) in [6, 6.07) is 15.6. The number of benzene rings is 1. The number of fused-ring (bicyclic) bond motifs is 1. The Bertz CT molecular complexity index is 1510. The van der Waals surface area contributed by atoms with Crippen LogP contribution in [0, 0.1) is 6.92 Å². The number of urea groups is 1. The van der Waals surface area contributed by atoms with Gasteiger partial charge in [0.2, 0.25) is 0 Å². The summed E-state index contributed by atoms with van der Waals surface area (Å²) in [5.41, 5.74) is 6.74. The fraction of sp³-hybridized carbons (Fsp3) is 0.185. The van der Waals surface area contributed by atoms with Crippen LogP contribution in [0.1, 0.15) is 31.3 Å². The van der Waals surface area contributed by atoms with Gasteiger partial charge in [-0.3, -0.25) is 14.7 Å². The van der Waals surface area contributed by atoms with Gasteiger partial charge >= 0.3 is 6.03 Å². The van der Waals surface area contributed by atoms with E-state index < -0.39 is 0 Å². The molecule has 0 fully saturated rings. The van der Waals surface area contributed by atoms with E-state index in [4.69, 9.17) is 0 Å². The van der Waals surface area contributed by atoms with Crippen molar-refractivity contribution in [3.63, 3.8) is 0 Å². The molecule has 5 aromatic rings. The number of aryl methyl sites for hydroxylation is 1. The molecule has 8 heteroatoms. The van der Waals surface area contributed by atoms with Gasteiger partial charge in [0.25, 0.3) is 0 Å². The van der Waals surface area contributed by atoms with E-state index >= 15 is 0 Å². The normalized spacial score (nSPS) is 11.5. The first kappa shape index (κ1) is 22.7. The average molecular weight is 483 g/mol. The first-order valence-electron chi connectivity index (χ1n) is 11.3. The van der Waals surface area contributed by atoms with Crippen LogP contribution >= 0.6 is 11.3 Å². The van der Waals surface area contributed by atoms with Crippen LogP contribution in [0.2, 0.25) is 0 Å². The second-order valence-electron chi connectivity index (χ2n) is 9.41. The maximum Gasteiger partial charge on any atom is 0.325 e. The number of nitrogens with one attached hydrogen (secondary N) is 2. The largest absolute Gasteiger partial charge is 0.325 e. The van der Waals surface area contributed by atoms with Crippen molar-refractivity contribution >= 4 is 33.8 Å². The van der Waals surface area contributed by atoms with Gasteiger partial charge in [-0.2, -0.15) is 0 Å². The third-order valence-corrected chi connectivity index (χ3v) is 6.99. The van der Waals surface area contributed by atoms with Crippen LogP contribution in [-0.4, -0.2) is 25.4 Å². The standard InChI is InChI=1S/C27H26N6OS/c1-17-13-19(9-11-28-17)20-10-12-33-22(15-29-24(33)14-20)18-5-7-21(8-6-18)31-25(34)32-26-30-16-23(35-26)27(2,3)4/h5-16H,1-4H3,(H2,30,31,32,34). The molecule has 0 spiro atoms. The highest BCUT2D eigenvalue weighted by atomic mass is 32.1. The number of hydrogen-bond donors (Lipinski definition) is 2. The van der Waals surface area contributed by atoms with Gasteiger partial charge in [-0.05, 0) is 59.9 Å². The number of amides is 2. The number of anilines is 2. The second kappa shape index (κ2) is 8.96. The average Bonchev–Trinajstić information content (AvgIpc) is 3.46. The molecule has 0 bridgehead atoms. The minimum Gasteiger partial charge on any atom is -0.308 e. The van der Waals surface area contributed by atoms with E-state index in [0.29, 0.717) is 10.8 Å². The van der Waals surface area contributed by atoms with Crippen molar-refractivity contribution in [1.29, 1.82) is 0 Å². The summed E-state index contributed by atoms with van der Waals surface area (Å²) in [5, 5.41) is 6.26. The summed E-state index contributed by atoms with van der Waals surface area (Å²) in [6.45, 7) is 8.35. The van der Waals surface area contributed by atoms with Crippen LogP contribution in [0.4, 0.5) is 15.6 Å². The second-order valence-corrected chi connectivity index (χ2v) is 10.4. The Morgan fingerprint density at radius 2 is 1.66 bits per heavy atom. The molecule has 176 valence electrons. The Hall–Kier alpha value is -4.04. The molecule has 4 aromatic heterocycles. The highest BCUT2D eigenvalue weighted by molar-refractivity contribution is 7.15. The number of carbonyl (C=O) groups is 1. The zero-order valence-corrected chi connectivity index (χ0v) is 20.9. The van der Waals surface area contributed by atoms with Crippen LogP contribution in [0.3, 0.4) is 0 Å². The van der Waals surface area contributed by atoms with Gasteiger partial charge in [-0.25, -0.2) is 14.8 Å². The molecule has 5 rings (SSSR count). The molecule has 0 saturated carbocycles. The number of thiazole rings is 1. The Balaban J connectivity index is 1.30. The minimum absolute atomic E-state index is 0.00137. The lowest BCUT2D eigenvalue weighted by Gasteiger charge is -2.14. The summed E-state index contributed by atoms with van der Waals surface area (Å²) in [7, 11) is 0. The molecule has 0 aliphatic rings. The number of carbonyl (C=O) groups excluding carboxylic acids is 1. The lowest BCUT2D eigenvalue weighted by Crippen LogP contribution is -2.19. The van der Waals surface area contributed by atoms with Crippen LogP contribution in [0.5, 0.6) is 0 Å². The maximum absolute atomic E-state index is 12.4. The number of rotatable bonds is 4. The lowest BCUT2D eigenvalue weighted by molar-refractivity contribution is 0.262. The van der Waals surface area contributed by atoms with Gasteiger partial charge in [-0.15, -0.1) is 11.3 Å². The van der Waals surface area contributed by atoms with Gasteiger partial charge in [-0.1, -0.05) is 32.9 Å². The molecule has 7 nitrogen and oxygen atoms in total. The van der Waals surface area contributed by atoms with Crippen molar-refractivity contribution in [2.75, 3.05) is 10.6 Å². The van der Waals surface area contributed by atoms with Crippen LogP contribution in [0.15, 0.2) is 73.3 Å². The molecule has 35 heavy (non-hydrogen) atoms. The fourth-order valence-corrected chi connectivity index (χ4v) is 4.63. The van der Waals surface area contributed by atoms with Crippen molar-refractivity contribution < 1.29 is 4.79 Å².